The van der Waals surface area contributed by atoms with E-state index in [9.17, 15) is 29.4 Å². The molecular formula is C37H60N6O7. The Bertz CT molecular complexity index is 1330. The fourth-order valence-electron chi connectivity index (χ4n) is 5.52. The highest BCUT2D eigenvalue weighted by atomic mass is 16.6. The molecule has 0 aliphatic rings. The molecule has 0 radical (unpaired) electrons. The predicted molar refractivity (Wildman–Crippen MR) is 192 cm³/mol. The van der Waals surface area contributed by atoms with Crippen LogP contribution >= 0.6 is 0 Å². The van der Waals surface area contributed by atoms with Crippen molar-refractivity contribution >= 4 is 23.8 Å². The number of hydrogen-bond donors (Lipinski definition) is 7. The smallest absolute Gasteiger partial charge is 0.408 e. The third kappa shape index (κ3) is 14.5. The van der Waals surface area contributed by atoms with E-state index in [0.29, 0.717) is 12.2 Å². The van der Waals surface area contributed by atoms with Crippen molar-refractivity contribution in [3.05, 3.63) is 54.1 Å². The van der Waals surface area contributed by atoms with E-state index in [0.717, 1.165) is 12.0 Å². The Labute approximate surface area is 297 Å². The van der Waals surface area contributed by atoms with E-state index < -0.39 is 59.8 Å². The number of rotatable bonds is 19. The Morgan fingerprint density at radius 1 is 0.860 bits per heavy atom. The normalized spacial score (nSPS) is 16.0. The SMILES string of the molecule is CC[C@H](C)CNC(=O)[C@H](C(C)C)C(O)C(O)[C@H](CC(C)C)NC(=O)C(Cc1cnc[nH]1)NC(=O)[C@H](Cc1ccccc1)NC(=O)OC(C)(C)C. The summed E-state index contributed by atoms with van der Waals surface area (Å²) < 4.78 is 5.41. The van der Waals surface area contributed by atoms with Crippen LogP contribution in [0, 0.1) is 23.7 Å². The molecular weight excluding hydrogens is 640 g/mol. The number of carbonyl (C=O) groups excluding carboxylic acids is 4. The third-order valence-electron chi connectivity index (χ3n) is 8.43. The molecule has 1 aromatic carbocycles. The second-order valence-corrected chi connectivity index (χ2v) is 15.0. The van der Waals surface area contributed by atoms with Gasteiger partial charge in [-0.05, 0) is 50.5 Å². The Hall–Kier alpha value is -3.97. The monoisotopic (exact) mass is 700 g/mol. The fraction of sp³-hybridized carbons (Fsp3) is 0.649. The molecule has 0 fully saturated rings. The molecule has 0 bridgehead atoms. The van der Waals surface area contributed by atoms with Crippen LogP contribution in [0.4, 0.5) is 4.79 Å². The van der Waals surface area contributed by atoms with Gasteiger partial charge in [0.25, 0.3) is 0 Å². The lowest BCUT2D eigenvalue weighted by atomic mass is 9.83. The quantitative estimate of drug-likeness (QED) is 0.116. The molecule has 0 saturated carbocycles. The number of aromatic amines is 1. The highest BCUT2D eigenvalue weighted by Gasteiger charge is 2.39. The largest absolute Gasteiger partial charge is 0.444 e. The van der Waals surface area contributed by atoms with Crippen molar-refractivity contribution in [1.29, 1.82) is 0 Å². The van der Waals surface area contributed by atoms with E-state index in [1.165, 1.54) is 12.5 Å². The zero-order chi connectivity index (χ0) is 37.6. The molecule has 0 aliphatic heterocycles. The standard InChI is InChI=1S/C37H60N6O7/c1-10-24(6)19-39-35(48)30(23(4)5)32(45)31(44)27(16-22(2)3)41-34(47)29(18-26-20-38-21-40-26)42-33(46)28(17-25-14-12-11-13-15-25)43-36(49)50-37(7,8)9/h11-15,20-24,27-32,44-45H,10,16-19H2,1-9H3,(H,38,40)(H,39,48)(H,41,47)(H,42,46)(H,43,49)/t24-,27-,28-,29?,30+,31?,32?/m0/s1. The van der Waals surface area contributed by atoms with Crippen LogP contribution in [0.2, 0.25) is 0 Å². The first-order valence-corrected chi connectivity index (χ1v) is 17.7. The number of H-pyrrole nitrogens is 1. The second kappa shape index (κ2) is 20.0. The average molecular weight is 701 g/mol. The average Bonchev–Trinajstić information content (AvgIpc) is 3.54. The summed E-state index contributed by atoms with van der Waals surface area (Å²) in [5.74, 6) is -2.62. The predicted octanol–water partition coefficient (Wildman–Crippen LogP) is 3.26. The lowest BCUT2D eigenvalue weighted by molar-refractivity contribution is -0.137. The third-order valence-corrected chi connectivity index (χ3v) is 8.43. The van der Waals surface area contributed by atoms with Gasteiger partial charge in [0, 0.05) is 31.3 Å². The molecule has 1 heterocycles. The van der Waals surface area contributed by atoms with Crippen LogP contribution in [0.15, 0.2) is 42.9 Å². The van der Waals surface area contributed by atoms with Gasteiger partial charge in [0.2, 0.25) is 17.7 Å². The van der Waals surface area contributed by atoms with Gasteiger partial charge >= 0.3 is 6.09 Å². The highest BCUT2D eigenvalue weighted by Crippen LogP contribution is 2.23. The molecule has 0 spiro atoms. The number of aliphatic hydroxyl groups is 2. The van der Waals surface area contributed by atoms with Gasteiger partial charge < -0.3 is 41.2 Å². The number of hydrogen-bond acceptors (Lipinski definition) is 8. The molecule has 7 atom stereocenters. The van der Waals surface area contributed by atoms with Gasteiger partial charge in [-0.3, -0.25) is 14.4 Å². The maximum absolute atomic E-state index is 14.0. The van der Waals surface area contributed by atoms with Crippen LogP contribution < -0.4 is 21.3 Å². The van der Waals surface area contributed by atoms with Crippen molar-refractivity contribution in [1.82, 2.24) is 31.2 Å². The minimum Gasteiger partial charge on any atom is -0.444 e. The minimum absolute atomic E-state index is 0.00666. The Kier molecular flexibility index (Phi) is 16.9. The number of aliphatic hydroxyl groups excluding tert-OH is 2. The van der Waals surface area contributed by atoms with Gasteiger partial charge in [-0.15, -0.1) is 0 Å². The first-order valence-electron chi connectivity index (χ1n) is 17.7. The summed E-state index contributed by atoms with van der Waals surface area (Å²) in [6.07, 6.45) is 0.520. The Morgan fingerprint density at radius 3 is 2.02 bits per heavy atom. The van der Waals surface area contributed by atoms with E-state index in [2.05, 4.69) is 31.2 Å². The zero-order valence-electron chi connectivity index (χ0n) is 31.2. The molecule has 1 aromatic heterocycles. The topological polar surface area (TPSA) is 195 Å². The molecule has 2 aromatic rings. The maximum Gasteiger partial charge on any atom is 0.408 e. The van der Waals surface area contributed by atoms with Crippen molar-refractivity contribution < 1.29 is 34.1 Å². The van der Waals surface area contributed by atoms with Gasteiger partial charge in [-0.2, -0.15) is 0 Å². The summed E-state index contributed by atoms with van der Waals surface area (Å²) in [5, 5.41) is 34.1. The van der Waals surface area contributed by atoms with Crippen molar-refractivity contribution in [2.45, 2.75) is 124 Å². The molecule has 280 valence electrons. The van der Waals surface area contributed by atoms with Gasteiger partial charge in [0.1, 0.15) is 23.8 Å². The molecule has 0 saturated heterocycles. The Morgan fingerprint density at radius 2 is 1.48 bits per heavy atom. The number of nitrogens with zero attached hydrogens (tertiary/aromatic N) is 1. The van der Waals surface area contributed by atoms with E-state index in [1.807, 2.05) is 58.0 Å². The van der Waals surface area contributed by atoms with Crippen molar-refractivity contribution in [3.8, 4) is 0 Å². The number of aromatic nitrogens is 2. The number of imidazole rings is 1. The molecule has 13 nitrogen and oxygen atoms in total. The summed E-state index contributed by atoms with van der Waals surface area (Å²) in [6, 6.07) is 5.91. The van der Waals surface area contributed by atoms with E-state index in [1.54, 1.807) is 34.6 Å². The van der Waals surface area contributed by atoms with Gasteiger partial charge in [0.15, 0.2) is 0 Å². The van der Waals surface area contributed by atoms with Gasteiger partial charge in [-0.25, -0.2) is 9.78 Å². The number of benzene rings is 1. The number of ether oxygens (including phenoxy) is 1. The summed E-state index contributed by atoms with van der Waals surface area (Å²) in [5.41, 5.74) is 0.533. The van der Waals surface area contributed by atoms with Gasteiger partial charge in [-0.1, -0.05) is 78.3 Å². The molecule has 4 amide bonds. The van der Waals surface area contributed by atoms with Crippen LogP contribution in [0.1, 0.15) is 86.4 Å². The van der Waals surface area contributed by atoms with E-state index >= 15 is 0 Å². The fourth-order valence-corrected chi connectivity index (χ4v) is 5.52. The van der Waals surface area contributed by atoms with E-state index in [-0.39, 0.29) is 42.9 Å². The van der Waals surface area contributed by atoms with Crippen LogP contribution in [0.3, 0.4) is 0 Å². The molecule has 50 heavy (non-hydrogen) atoms. The summed E-state index contributed by atoms with van der Waals surface area (Å²) in [7, 11) is 0. The summed E-state index contributed by atoms with van der Waals surface area (Å²) in [4.78, 5) is 60.8. The first kappa shape index (κ1) is 42.2. The molecule has 3 unspecified atom stereocenters. The van der Waals surface area contributed by atoms with Crippen LogP contribution in [-0.2, 0) is 32.0 Å². The number of alkyl carbamates (subject to hydrolysis) is 1. The van der Waals surface area contributed by atoms with Gasteiger partial charge in [0.05, 0.1) is 24.4 Å². The van der Waals surface area contributed by atoms with Crippen LogP contribution in [-0.4, -0.2) is 86.5 Å². The van der Waals surface area contributed by atoms with Crippen molar-refractivity contribution in [2.75, 3.05) is 6.54 Å². The molecule has 13 heteroatoms. The highest BCUT2D eigenvalue weighted by molar-refractivity contribution is 5.91. The maximum atomic E-state index is 14.0. The van der Waals surface area contributed by atoms with E-state index in [4.69, 9.17) is 4.74 Å². The summed E-state index contributed by atoms with van der Waals surface area (Å²) in [6.45, 7) is 17.0. The number of carbonyl (C=O) groups is 4. The summed E-state index contributed by atoms with van der Waals surface area (Å²) >= 11 is 0. The molecule has 7 N–H and O–H groups in total. The number of nitrogens with one attached hydrogen (secondary N) is 5. The molecule has 0 aliphatic carbocycles. The first-order chi connectivity index (χ1) is 23.4. The minimum atomic E-state index is -1.49. The van der Waals surface area contributed by atoms with Crippen molar-refractivity contribution in [2.24, 2.45) is 23.7 Å². The van der Waals surface area contributed by atoms with Crippen LogP contribution in [0.5, 0.6) is 0 Å². The van der Waals surface area contributed by atoms with Crippen LogP contribution in [0.25, 0.3) is 0 Å². The molecule has 2 rings (SSSR count). The lowest BCUT2D eigenvalue weighted by Gasteiger charge is -2.35. The Balaban J connectivity index is 2.36. The van der Waals surface area contributed by atoms with Crippen molar-refractivity contribution in [3.63, 3.8) is 0 Å². The lowest BCUT2D eigenvalue weighted by Crippen LogP contribution is -2.59. The number of amides is 4. The second-order valence-electron chi connectivity index (χ2n) is 15.0. The zero-order valence-corrected chi connectivity index (χ0v) is 31.2.